The van der Waals surface area contributed by atoms with Gasteiger partial charge in [0, 0.05) is 17.5 Å². The van der Waals surface area contributed by atoms with E-state index in [-0.39, 0.29) is 16.9 Å². The number of hydrogen-bond donors (Lipinski definition) is 1. The highest BCUT2D eigenvalue weighted by Crippen LogP contribution is 2.31. The van der Waals surface area contributed by atoms with Crippen molar-refractivity contribution >= 4 is 27.6 Å². The van der Waals surface area contributed by atoms with Crippen molar-refractivity contribution in [2.24, 2.45) is 0 Å². The Kier molecular flexibility index (Phi) is 6.66. The lowest BCUT2D eigenvalue weighted by atomic mass is 9.81. The van der Waals surface area contributed by atoms with Gasteiger partial charge in [0.1, 0.15) is 0 Å². The molecule has 1 N–H and O–H groups in total. The van der Waals surface area contributed by atoms with Gasteiger partial charge in [0.25, 0.3) is 0 Å². The minimum absolute atomic E-state index is 0.168. The maximum atomic E-state index is 12.7. The third kappa shape index (κ3) is 5.00. The lowest BCUT2D eigenvalue weighted by Gasteiger charge is -2.29. The van der Waals surface area contributed by atoms with Crippen LogP contribution in [-0.2, 0) is 38.8 Å². The molecule has 2 aromatic carbocycles. The average molecular weight is 436 g/mol. The van der Waals surface area contributed by atoms with E-state index in [0.717, 1.165) is 17.5 Å². The topological polar surface area (TPSA) is 72.5 Å². The first-order chi connectivity index (χ1) is 13.7. The zero-order chi connectivity index (χ0) is 21.2. The van der Waals surface area contributed by atoms with Crippen LogP contribution in [0.25, 0.3) is 0 Å². The Labute approximate surface area is 177 Å². The van der Waals surface area contributed by atoms with Crippen molar-refractivity contribution in [1.29, 1.82) is 0 Å². The number of hydrogen-bond acceptors (Lipinski definition) is 4. The van der Waals surface area contributed by atoms with E-state index in [9.17, 15) is 13.2 Å². The summed E-state index contributed by atoms with van der Waals surface area (Å²) in [5, 5.41) is 0.501. The Balaban J connectivity index is 1.81. The maximum absolute atomic E-state index is 12.7. The number of esters is 1. The van der Waals surface area contributed by atoms with Crippen molar-refractivity contribution in [3.8, 4) is 0 Å². The van der Waals surface area contributed by atoms with Gasteiger partial charge >= 0.3 is 5.97 Å². The van der Waals surface area contributed by atoms with Crippen molar-refractivity contribution in [3.05, 3.63) is 63.2 Å². The van der Waals surface area contributed by atoms with Gasteiger partial charge in [0.15, 0.2) is 0 Å². The molecule has 1 aliphatic carbocycles. The molecule has 0 spiro atoms. The molecule has 1 atom stereocenters. The number of rotatable bonds is 6. The molecule has 0 amide bonds. The summed E-state index contributed by atoms with van der Waals surface area (Å²) in [6, 6.07) is 8.16. The van der Waals surface area contributed by atoms with Gasteiger partial charge in [-0.15, -0.1) is 0 Å². The number of fused-ring (bicyclic) bond motifs is 1. The molecule has 7 heteroatoms. The molecule has 0 radical (unpaired) electrons. The molecule has 1 aliphatic rings. The molecule has 0 saturated carbocycles. The number of halogens is 1. The van der Waals surface area contributed by atoms with E-state index in [0.29, 0.717) is 30.7 Å². The second kappa shape index (κ2) is 8.86. The minimum atomic E-state index is -3.60. The summed E-state index contributed by atoms with van der Waals surface area (Å²) < 4.78 is 33.1. The van der Waals surface area contributed by atoms with Gasteiger partial charge in [0.05, 0.1) is 12.0 Å². The van der Waals surface area contributed by atoms with Crippen molar-refractivity contribution in [1.82, 2.24) is 4.72 Å². The third-order valence-electron chi connectivity index (χ3n) is 5.65. The molecule has 3 rings (SSSR count). The highest BCUT2D eigenvalue weighted by molar-refractivity contribution is 7.89. The predicted molar refractivity (Wildman–Crippen MR) is 114 cm³/mol. The van der Waals surface area contributed by atoms with Gasteiger partial charge in [-0.05, 0) is 91.6 Å². The molecule has 1 unspecified atom stereocenters. The predicted octanol–water partition coefficient (Wildman–Crippen LogP) is 3.90. The molecule has 0 fully saturated rings. The normalized spacial score (nSPS) is 16.3. The van der Waals surface area contributed by atoms with Gasteiger partial charge in [-0.2, -0.15) is 0 Å². The molecule has 0 heterocycles. The monoisotopic (exact) mass is 435 g/mol. The van der Waals surface area contributed by atoms with E-state index in [1.54, 1.807) is 12.1 Å². The molecular formula is C22H26ClNO4S. The summed E-state index contributed by atoms with van der Waals surface area (Å²) in [4.78, 5) is 11.8. The minimum Gasteiger partial charge on any atom is -0.469 e. The highest BCUT2D eigenvalue weighted by Gasteiger charge is 2.27. The number of nitrogens with one attached hydrogen (secondary N) is 1. The summed E-state index contributed by atoms with van der Waals surface area (Å²) in [6.07, 6.45) is 3.12. The standard InChI is InChI=1S/C22H26ClNO4S/c1-14-12-16-13-18(24-29(26,27)19-7-4-17(23)5-8-19)6-9-21(16)20(15(14)2)10-11-22(25)28-3/h4-5,7-8,12,18,24H,6,9-11,13H2,1-3H3. The van der Waals surface area contributed by atoms with Crippen LogP contribution in [0.15, 0.2) is 35.2 Å². The van der Waals surface area contributed by atoms with Crippen LogP contribution in [0.1, 0.15) is 40.7 Å². The molecule has 0 aromatic heterocycles. The second-order valence-electron chi connectivity index (χ2n) is 7.53. The van der Waals surface area contributed by atoms with Crippen molar-refractivity contribution in [3.63, 3.8) is 0 Å². The zero-order valence-electron chi connectivity index (χ0n) is 16.9. The molecular weight excluding hydrogens is 410 g/mol. The van der Waals surface area contributed by atoms with Gasteiger partial charge in [-0.3, -0.25) is 4.79 Å². The largest absolute Gasteiger partial charge is 0.469 e. The molecule has 0 bridgehead atoms. The third-order valence-corrected chi connectivity index (χ3v) is 7.44. The van der Waals surface area contributed by atoms with Gasteiger partial charge in [0.2, 0.25) is 10.0 Å². The van der Waals surface area contributed by atoms with Gasteiger partial charge in [-0.1, -0.05) is 17.7 Å². The summed E-state index contributed by atoms with van der Waals surface area (Å²) in [6.45, 7) is 4.14. The number of aryl methyl sites for hydroxylation is 1. The molecule has 0 saturated heterocycles. The Hall–Kier alpha value is -1.89. The second-order valence-corrected chi connectivity index (χ2v) is 9.68. The first-order valence-corrected chi connectivity index (χ1v) is 11.5. The maximum Gasteiger partial charge on any atom is 0.305 e. The van der Waals surface area contributed by atoms with Crippen LogP contribution < -0.4 is 4.72 Å². The lowest BCUT2D eigenvalue weighted by Crippen LogP contribution is -2.39. The SMILES string of the molecule is COC(=O)CCc1c(C)c(C)cc2c1CCC(NS(=O)(=O)c1ccc(Cl)cc1)C2. The zero-order valence-corrected chi connectivity index (χ0v) is 18.5. The number of benzene rings is 2. The van der Waals surface area contributed by atoms with Crippen molar-refractivity contribution in [2.75, 3.05) is 7.11 Å². The average Bonchev–Trinajstić information content (AvgIpc) is 2.68. The van der Waals surface area contributed by atoms with Crippen LogP contribution in [0, 0.1) is 13.8 Å². The fraction of sp³-hybridized carbons (Fsp3) is 0.409. The number of methoxy groups -OCH3 is 1. The van der Waals surface area contributed by atoms with E-state index in [4.69, 9.17) is 16.3 Å². The van der Waals surface area contributed by atoms with E-state index in [1.165, 1.54) is 35.9 Å². The van der Waals surface area contributed by atoms with Crippen molar-refractivity contribution < 1.29 is 17.9 Å². The number of sulfonamides is 1. The first-order valence-electron chi connectivity index (χ1n) is 9.67. The number of ether oxygens (including phenoxy) is 1. The van der Waals surface area contributed by atoms with Gasteiger partial charge < -0.3 is 4.74 Å². The molecule has 2 aromatic rings. The Morgan fingerprint density at radius 2 is 1.93 bits per heavy atom. The van der Waals surface area contributed by atoms with Crippen LogP contribution >= 0.6 is 11.6 Å². The molecule has 0 aliphatic heterocycles. The van der Waals surface area contributed by atoms with Gasteiger partial charge in [-0.25, -0.2) is 13.1 Å². The van der Waals surface area contributed by atoms with Crippen LogP contribution in [0.4, 0.5) is 0 Å². The highest BCUT2D eigenvalue weighted by atomic mass is 35.5. The van der Waals surface area contributed by atoms with E-state index < -0.39 is 10.0 Å². The fourth-order valence-corrected chi connectivity index (χ4v) is 5.36. The lowest BCUT2D eigenvalue weighted by molar-refractivity contribution is -0.140. The van der Waals surface area contributed by atoms with E-state index >= 15 is 0 Å². The Morgan fingerprint density at radius 3 is 2.59 bits per heavy atom. The fourth-order valence-electron chi connectivity index (χ4n) is 3.96. The quantitative estimate of drug-likeness (QED) is 0.698. The Morgan fingerprint density at radius 1 is 1.24 bits per heavy atom. The van der Waals surface area contributed by atoms with Crippen molar-refractivity contribution in [2.45, 2.75) is 56.9 Å². The van der Waals surface area contributed by atoms with Crippen LogP contribution in [-0.4, -0.2) is 27.5 Å². The van der Waals surface area contributed by atoms with Crippen LogP contribution in [0.5, 0.6) is 0 Å². The Bertz CT molecular complexity index is 1020. The summed E-state index contributed by atoms with van der Waals surface area (Å²) in [5.41, 5.74) is 5.96. The van der Waals surface area contributed by atoms with Crippen LogP contribution in [0.3, 0.4) is 0 Å². The van der Waals surface area contributed by atoms with E-state index in [2.05, 4.69) is 24.6 Å². The van der Waals surface area contributed by atoms with Crippen LogP contribution in [0.2, 0.25) is 5.02 Å². The summed E-state index contributed by atoms with van der Waals surface area (Å²) in [7, 11) is -2.20. The first kappa shape index (κ1) is 21.8. The summed E-state index contributed by atoms with van der Waals surface area (Å²) >= 11 is 5.86. The molecule has 29 heavy (non-hydrogen) atoms. The van der Waals surface area contributed by atoms with E-state index in [1.807, 2.05) is 0 Å². The molecule has 5 nitrogen and oxygen atoms in total. The number of carbonyl (C=O) groups is 1. The molecule has 156 valence electrons. The number of carbonyl (C=O) groups excluding carboxylic acids is 1. The summed E-state index contributed by atoms with van der Waals surface area (Å²) in [5.74, 6) is -0.218. The smallest absolute Gasteiger partial charge is 0.305 e.